The Morgan fingerprint density at radius 1 is 1.38 bits per heavy atom. The summed E-state index contributed by atoms with van der Waals surface area (Å²) in [5, 5.41) is 12.1. The van der Waals surface area contributed by atoms with Gasteiger partial charge >= 0.3 is 0 Å². The fraction of sp³-hybridized carbons (Fsp3) is 0.154. The Kier molecular flexibility index (Phi) is 4.33. The summed E-state index contributed by atoms with van der Waals surface area (Å²) in [6.07, 6.45) is 6.69. The zero-order valence-corrected chi connectivity index (χ0v) is 9.40. The second-order valence-corrected chi connectivity index (χ2v) is 3.38. The molecule has 3 nitrogen and oxygen atoms in total. The van der Waals surface area contributed by atoms with Crippen LogP contribution in [0, 0.1) is 6.92 Å². The van der Waals surface area contributed by atoms with Gasteiger partial charge in [-0.2, -0.15) is 0 Å². The van der Waals surface area contributed by atoms with Crippen molar-refractivity contribution >= 4 is 11.6 Å². The molecule has 3 heteroatoms. The van der Waals surface area contributed by atoms with Gasteiger partial charge in [0.25, 0.3) is 0 Å². The molecule has 16 heavy (non-hydrogen) atoms. The Bertz CT molecular complexity index is 434. The average molecular weight is 217 g/mol. The van der Waals surface area contributed by atoms with Gasteiger partial charge in [0.05, 0.1) is 0 Å². The van der Waals surface area contributed by atoms with E-state index in [4.69, 9.17) is 0 Å². The minimum Gasteiger partial charge on any atom is -0.508 e. The van der Waals surface area contributed by atoms with Gasteiger partial charge in [-0.25, -0.2) is 0 Å². The lowest BCUT2D eigenvalue weighted by Crippen LogP contribution is -2.07. The lowest BCUT2D eigenvalue weighted by atomic mass is 10.2. The van der Waals surface area contributed by atoms with Gasteiger partial charge in [0.15, 0.2) is 0 Å². The van der Waals surface area contributed by atoms with Crippen LogP contribution in [0.4, 0.5) is 5.69 Å². The average Bonchev–Trinajstić information content (AvgIpc) is 2.24. The van der Waals surface area contributed by atoms with Crippen LogP contribution >= 0.6 is 0 Å². The Labute approximate surface area is 95.1 Å². The predicted octanol–water partition coefficient (Wildman–Crippen LogP) is 2.77. The number of allylic oxidation sites excluding steroid dienone is 3. The van der Waals surface area contributed by atoms with E-state index in [-0.39, 0.29) is 11.7 Å². The van der Waals surface area contributed by atoms with Crippen LogP contribution in [0.15, 0.2) is 42.5 Å². The van der Waals surface area contributed by atoms with E-state index in [1.54, 1.807) is 31.2 Å². The predicted molar refractivity (Wildman–Crippen MR) is 65.4 cm³/mol. The molecule has 84 valence electrons. The SMILES string of the molecule is CC=CC=CC(=O)Nc1ccc(C)c(O)c1. The topological polar surface area (TPSA) is 49.3 Å². The first kappa shape index (κ1) is 12.0. The van der Waals surface area contributed by atoms with Crippen molar-refractivity contribution < 1.29 is 9.90 Å². The fourth-order valence-corrected chi connectivity index (χ4v) is 1.13. The van der Waals surface area contributed by atoms with Crippen molar-refractivity contribution in [1.82, 2.24) is 0 Å². The molecule has 1 amide bonds. The summed E-state index contributed by atoms with van der Waals surface area (Å²) in [7, 11) is 0. The number of nitrogens with one attached hydrogen (secondary N) is 1. The van der Waals surface area contributed by atoms with E-state index in [2.05, 4.69) is 5.32 Å². The molecule has 0 fully saturated rings. The highest BCUT2D eigenvalue weighted by molar-refractivity contribution is 5.99. The largest absolute Gasteiger partial charge is 0.508 e. The third-order valence-electron chi connectivity index (χ3n) is 2.03. The molecule has 0 radical (unpaired) electrons. The molecular formula is C13H15NO2. The van der Waals surface area contributed by atoms with Gasteiger partial charge < -0.3 is 10.4 Å². The van der Waals surface area contributed by atoms with Crippen molar-refractivity contribution in [2.45, 2.75) is 13.8 Å². The van der Waals surface area contributed by atoms with Crippen molar-refractivity contribution in [2.75, 3.05) is 5.32 Å². The molecule has 0 saturated heterocycles. The summed E-state index contributed by atoms with van der Waals surface area (Å²) >= 11 is 0. The molecular weight excluding hydrogens is 202 g/mol. The minimum atomic E-state index is -0.221. The Morgan fingerprint density at radius 3 is 2.75 bits per heavy atom. The second kappa shape index (κ2) is 5.75. The van der Waals surface area contributed by atoms with Crippen LogP contribution in [0.5, 0.6) is 5.75 Å². The van der Waals surface area contributed by atoms with Gasteiger partial charge in [-0.05, 0) is 25.5 Å². The molecule has 0 unspecified atom stereocenters. The van der Waals surface area contributed by atoms with Gasteiger partial charge in [-0.1, -0.05) is 24.3 Å². The molecule has 0 aromatic heterocycles. The van der Waals surface area contributed by atoms with E-state index in [0.717, 1.165) is 5.56 Å². The Morgan fingerprint density at radius 2 is 2.12 bits per heavy atom. The molecule has 0 aliphatic heterocycles. The van der Waals surface area contributed by atoms with Crippen LogP contribution in [-0.2, 0) is 4.79 Å². The number of aryl methyl sites for hydroxylation is 1. The van der Waals surface area contributed by atoms with E-state index in [9.17, 15) is 9.90 Å². The van der Waals surface area contributed by atoms with Gasteiger partial charge in [0.1, 0.15) is 5.75 Å². The molecule has 0 aliphatic rings. The van der Waals surface area contributed by atoms with Gasteiger partial charge in [0, 0.05) is 17.8 Å². The summed E-state index contributed by atoms with van der Waals surface area (Å²) in [4.78, 5) is 11.4. The summed E-state index contributed by atoms with van der Waals surface area (Å²) in [6, 6.07) is 5.02. The van der Waals surface area contributed by atoms with Gasteiger partial charge in [-0.3, -0.25) is 4.79 Å². The molecule has 1 rings (SSSR count). The first-order chi connectivity index (χ1) is 7.63. The van der Waals surface area contributed by atoms with E-state index >= 15 is 0 Å². The first-order valence-electron chi connectivity index (χ1n) is 5.03. The number of hydrogen-bond donors (Lipinski definition) is 2. The highest BCUT2D eigenvalue weighted by atomic mass is 16.3. The number of anilines is 1. The molecule has 1 aromatic rings. The van der Waals surface area contributed by atoms with Crippen LogP contribution in [0.1, 0.15) is 12.5 Å². The van der Waals surface area contributed by atoms with Crippen molar-refractivity contribution in [1.29, 1.82) is 0 Å². The fourth-order valence-electron chi connectivity index (χ4n) is 1.13. The number of rotatable bonds is 3. The third kappa shape index (κ3) is 3.61. The van der Waals surface area contributed by atoms with E-state index in [0.29, 0.717) is 5.69 Å². The quantitative estimate of drug-likeness (QED) is 0.604. The number of amides is 1. The van der Waals surface area contributed by atoms with E-state index in [1.807, 2.05) is 13.0 Å². The van der Waals surface area contributed by atoms with Crippen LogP contribution in [0.25, 0.3) is 0 Å². The van der Waals surface area contributed by atoms with Crippen LogP contribution in [0.3, 0.4) is 0 Å². The molecule has 0 atom stereocenters. The zero-order valence-electron chi connectivity index (χ0n) is 9.40. The van der Waals surface area contributed by atoms with E-state index < -0.39 is 0 Å². The third-order valence-corrected chi connectivity index (χ3v) is 2.03. The number of aromatic hydroxyl groups is 1. The first-order valence-corrected chi connectivity index (χ1v) is 5.03. The number of benzene rings is 1. The molecule has 2 N–H and O–H groups in total. The van der Waals surface area contributed by atoms with Crippen molar-refractivity contribution in [3.05, 3.63) is 48.1 Å². The summed E-state index contributed by atoms with van der Waals surface area (Å²) in [5.41, 5.74) is 1.36. The second-order valence-electron chi connectivity index (χ2n) is 3.38. The monoisotopic (exact) mass is 217 g/mol. The molecule has 0 bridgehead atoms. The lowest BCUT2D eigenvalue weighted by molar-refractivity contribution is -0.111. The Balaban J connectivity index is 2.66. The highest BCUT2D eigenvalue weighted by Crippen LogP contribution is 2.20. The molecule has 0 heterocycles. The molecule has 0 saturated carbocycles. The summed E-state index contributed by atoms with van der Waals surface area (Å²) in [5.74, 6) is -0.0448. The van der Waals surface area contributed by atoms with Gasteiger partial charge in [-0.15, -0.1) is 0 Å². The lowest BCUT2D eigenvalue weighted by Gasteiger charge is -2.04. The summed E-state index contributed by atoms with van der Waals surface area (Å²) < 4.78 is 0. The van der Waals surface area contributed by atoms with Crippen LogP contribution < -0.4 is 5.32 Å². The van der Waals surface area contributed by atoms with Crippen molar-refractivity contribution in [2.24, 2.45) is 0 Å². The summed E-state index contributed by atoms with van der Waals surface area (Å²) in [6.45, 7) is 3.67. The Hall–Kier alpha value is -2.03. The van der Waals surface area contributed by atoms with Crippen LogP contribution in [-0.4, -0.2) is 11.0 Å². The van der Waals surface area contributed by atoms with Crippen molar-refractivity contribution in [3.63, 3.8) is 0 Å². The number of carbonyl (C=O) groups is 1. The number of hydrogen-bond acceptors (Lipinski definition) is 2. The standard InChI is InChI=1S/C13H15NO2/c1-3-4-5-6-13(16)14-11-8-7-10(2)12(15)9-11/h3-9,15H,1-2H3,(H,14,16). The maximum absolute atomic E-state index is 11.4. The number of phenolic OH excluding ortho intramolecular Hbond substituents is 1. The smallest absolute Gasteiger partial charge is 0.248 e. The van der Waals surface area contributed by atoms with E-state index in [1.165, 1.54) is 12.1 Å². The number of phenols is 1. The minimum absolute atomic E-state index is 0.176. The normalized spacial score (nSPS) is 11.1. The maximum atomic E-state index is 11.4. The van der Waals surface area contributed by atoms with Crippen molar-refractivity contribution in [3.8, 4) is 5.75 Å². The molecule has 0 aliphatic carbocycles. The number of carbonyl (C=O) groups excluding carboxylic acids is 1. The highest BCUT2D eigenvalue weighted by Gasteiger charge is 2.00. The molecule has 1 aromatic carbocycles. The van der Waals surface area contributed by atoms with Gasteiger partial charge in [0.2, 0.25) is 5.91 Å². The molecule has 0 spiro atoms. The zero-order chi connectivity index (χ0) is 12.0. The maximum Gasteiger partial charge on any atom is 0.248 e. The van der Waals surface area contributed by atoms with Crippen LogP contribution in [0.2, 0.25) is 0 Å².